The van der Waals surface area contributed by atoms with E-state index in [0.29, 0.717) is 0 Å². The molecule has 0 spiro atoms. The summed E-state index contributed by atoms with van der Waals surface area (Å²) < 4.78 is 2.18. The summed E-state index contributed by atoms with van der Waals surface area (Å²) in [4.78, 5) is 12.1. The molecule has 1 aromatic heterocycles. The Kier molecular flexibility index (Phi) is 6.17. The number of aryl methyl sites for hydroxylation is 2. The number of rotatable bonds is 5. The van der Waals surface area contributed by atoms with Gasteiger partial charge < -0.3 is 9.88 Å². The van der Waals surface area contributed by atoms with Gasteiger partial charge in [0.25, 0.3) is 0 Å². The molecule has 5 heteroatoms. The maximum atomic E-state index is 12.1. The van der Waals surface area contributed by atoms with Gasteiger partial charge in [0.05, 0.1) is 6.21 Å². The van der Waals surface area contributed by atoms with E-state index in [1.54, 1.807) is 6.21 Å². The second-order valence-corrected chi connectivity index (χ2v) is 7.71. The van der Waals surface area contributed by atoms with Crippen molar-refractivity contribution >= 4 is 17.9 Å². The average molecular weight is 423 g/mol. The van der Waals surface area contributed by atoms with Crippen LogP contribution in [0, 0.1) is 20.8 Å². The lowest BCUT2D eigenvalue weighted by molar-refractivity contribution is 0.252. The van der Waals surface area contributed by atoms with Crippen molar-refractivity contribution in [3.05, 3.63) is 107 Å². The Balaban J connectivity index is 1.47. The third-order valence-electron chi connectivity index (χ3n) is 5.47. The summed E-state index contributed by atoms with van der Waals surface area (Å²) in [6.45, 7) is 6.06. The molecule has 160 valence electrons. The fourth-order valence-electron chi connectivity index (χ4n) is 3.77. The summed E-state index contributed by atoms with van der Waals surface area (Å²) in [6, 6.07) is 28.1. The van der Waals surface area contributed by atoms with E-state index in [1.165, 1.54) is 11.1 Å². The van der Waals surface area contributed by atoms with Crippen LogP contribution in [-0.4, -0.2) is 16.8 Å². The largest absolute Gasteiger partial charge is 0.339 e. The number of carbonyl (C=O) groups is 1. The standard InChI is InChI=1S/C27H26N4O/c1-19-9-7-8-12-26(19)29-27(32)30-28-18-24-17-20(2)31(21(24)3)25-15-13-23(14-16-25)22-10-5-4-6-11-22/h4-18H,1-3H3,(H2,29,30,32). The van der Waals surface area contributed by atoms with E-state index in [2.05, 4.69) is 69.8 Å². The number of para-hydroxylation sites is 1. The van der Waals surface area contributed by atoms with Gasteiger partial charge in [-0.25, -0.2) is 10.2 Å². The van der Waals surface area contributed by atoms with Crippen molar-refractivity contribution in [2.75, 3.05) is 5.32 Å². The van der Waals surface area contributed by atoms with Gasteiger partial charge in [-0.1, -0.05) is 60.7 Å². The van der Waals surface area contributed by atoms with Crippen LogP contribution in [0.5, 0.6) is 0 Å². The summed E-state index contributed by atoms with van der Waals surface area (Å²) in [5.74, 6) is 0. The molecule has 2 amide bonds. The quantitative estimate of drug-likeness (QED) is 0.291. The SMILES string of the molecule is Cc1ccccc1NC(=O)NN=Cc1cc(C)n(-c2ccc(-c3ccccc3)cc2)c1C. The molecule has 4 rings (SSSR count). The molecule has 0 saturated carbocycles. The molecule has 0 aliphatic carbocycles. The highest BCUT2D eigenvalue weighted by molar-refractivity contribution is 5.91. The summed E-state index contributed by atoms with van der Waals surface area (Å²) >= 11 is 0. The average Bonchev–Trinajstić information content (AvgIpc) is 3.09. The van der Waals surface area contributed by atoms with Gasteiger partial charge in [-0.3, -0.25) is 0 Å². The van der Waals surface area contributed by atoms with Crippen molar-refractivity contribution in [3.8, 4) is 16.8 Å². The second kappa shape index (κ2) is 9.35. The molecule has 1 heterocycles. The van der Waals surface area contributed by atoms with Gasteiger partial charge in [-0.15, -0.1) is 0 Å². The summed E-state index contributed by atoms with van der Waals surface area (Å²) in [5, 5.41) is 6.93. The Hall–Kier alpha value is -4.12. The Morgan fingerprint density at radius 2 is 1.50 bits per heavy atom. The zero-order valence-corrected chi connectivity index (χ0v) is 18.5. The third kappa shape index (κ3) is 4.62. The van der Waals surface area contributed by atoms with Crippen LogP contribution >= 0.6 is 0 Å². The van der Waals surface area contributed by atoms with Crippen molar-refractivity contribution in [3.63, 3.8) is 0 Å². The molecular formula is C27H26N4O. The van der Waals surface area contributed by atoms with Crippen LogP contribution in [-0.2, 0) is 0 Å². The maximum Gasteiger partial charge on any atom is 0.339 e. The van der Waals surface area contributed by atoms with Crippen molar-refractivity contribution < 1.29 is 4.79 Å². The number of benzene rings is 3. The van der Waals surface area contributed by atoms with Crippen LogP contribution in [0.1, 0.15) is 22.5 Å². The third-order valence-corrected chi connectivity index (χ3v) is 5.47. The first-order valence-electron chi connectivity index (χ1n) is 10.5. The highest BCUT2D eigenvalue weighted by Gasteiger charge is 2.10. The zero-order valence-electron chi connectivity index (χ0n) is 18.5. The minimum Gasteiger partial charge on any atom is -0.318 e. The van der Waals surface area contributed by atoms with Crippen molar-refractivity contribution in [1.82, 2.24) is 9.99 Å². The summed E-state index contributed by atoms with van der Waals surface area (Å²) in [7, 11) is 0. The highest BCUT2D eigenvalue weighted by Crippen LogP contribution is 2.24. The minimum atomic E-state index is -0.374. The first-order valence-corrected chi connectivity index (χ1v) is 10.5. The molecule has 4 aromatic rings. The molecule has 0 saturated heterocycles. The van der Waals surface area contributed by atoms with Crippen molar-refractivity contribution in [1.29, 1.82) is 0 Å². The molecule has 32 heavy (non-hydrogen) atoms. The van der Waals surface area contributed by atoms with E-state index < -0.39 is 0 Å². The number of nitrogens with one attached hydrogen (secondary N) is 2. The van der Waals surface area contributed by atoms with E-state index in [-0.39, 0.29) is 6.03 Å². The smallest absolute Gasteiger partial charge is 0.318 e. The molecule has 0 aliphatic heterocycles. The van der Waals surface area contributed by atoms with Crippen LogP contribution < -0.4 is 10.7 Å². The van der Waals surface area contributed by atoms with Crippen LogP contribution in [0.25, 0.3) is 16.8 Å². The van der Waals surface area contributed by atoms with Gasteiger partial charge in [0.15, 0.2) is 0 Å². The zero-order chi connectivity index (χ0) is 22.5. The Morgan fingerprint density at radius 1 is 0.844 bits per heavy atom. The van der Waals surface area contributed by atoms with E-state index in [0.717, 1.165) is 33.9 Å². The number of hydrogen-bond donors (Lipinski definition) is 2. The molecule has 0 unspecified atom stereocenters. The number of urea groups is 1. The lowest BCUT2D eigenvalue weighted by Gasteiger charge is -2.11. The fraction of sp³-hybridized carbons (Fsp3) is 0.111. The summed E-state index contributed by atoms with van der Waals surface area (Å²) in [5.41, 5.74) is 10.9. The Morgan fingerprint density at radius 3 is 2.22 bits per heavy atom. The molecule has 0 bridgehead atoms. The molecule has 0 atom stereocenters. The van der Waals surface area contributed by atoms with Crippen LogP contribution in [0.15, 0.2) is 90.0 Å². The highest BCUT2D eigenvalue weighted by atomic mass is 16.2. The predicted molar refractivity (Wildman–Crippen MR) is 132 cm³/mol. The Labute approximate surface area is 188 Å². The van der Waals surface area contributed by atoms with E-state index >= 15 is 0 Å². The van der Waals surface area contributed by atoms with Crippen LogP contribution in [0.2, 0.25) is 0 Å². The molecule has 5 nitrogen and oxygen atoms in total. The molecule has 3 aromatic carbocycles. The maximum absolute atomic E-state index is 12.1. The number of amides is 2. The fourth-order valence-corrected chi connectivity index (χ4v) is 3.77. The van der Waals surface area contributed by atoms with Gasteiger partial charge in [-0.2, -0.15) is 5.10 Å². The molecular weight excluding hydrogens is 396 g/mol. The first-order chi connectivity index (χ1) is 15.5. The van der Waals surface area contributed by atoms with Gasteiger partial charge in [0.2, 0.25) is 0 Å². The van der Waals surface area contributed by atoms with Gasteiger partial charge in [0.1, 0.15) is 0 Å². The van der Waals surface area contributed by atoms with Crippen LogP contribution in [0.4, 0.5) is 10.5 Å². The van der Waals surface area contributed by atoms with E-state index in [1.807, 2.05) is 56.3 Å². The Bertz CT molecular complexity index is 1250. The minimum absolute atomic E-state index is 0.374. The summed E-state index contributed by atoms with van der Waals surface area (Å²) in [6.07, 6.45) is 1.68. The number of anilines is 1. The first kappa shape index (κ1) is 21.1. The number of hydrogen-bond acceptors (Lipinski definition) is 2. The predicted octanol–water partition coefficient (Wildman–Crippen LogP) is 6.23. The number of hydrazone groups is 1. The lowest BCUT2D eigenvalue weighted by Crippen LogP contribution is -2.24. The molecule has 0 fully saturated rings. The van der Waals surface area contributed by atoms with Crippen molar-refractivity contribution in [2.45, 2.75) is 20.8 Å². The van der Waals surface area contributed by atoms with Crippen LogP contribution in [0.3, 0.4) is 0 Å². The van der Waals surface area contributed by atoms with E-state index in [4.69, 9.17) is 0 Å². The van der Waals surface area contributed by atoms with Gasteiger partial charge >= 0.3 is 6.03 Å². The molecule has 0 aliphatic rings. The monoisotopic (exact) mass is 422 g/mol. The normalized spacial score (nSPS) is 11.0. The number of nitrogens with zero attached hydrogens (tertiary/aromatic N) is 2. The van der Waals surface area contributed by atoms with Crippen molar-refractivity contribution in [2.24, 2.45) is 5.10 Å². The lowest BCUT2D eigenvalue weighted by atomic mass is 10.1. The topological polar surface area (TPSA) is 58.4 Å². The van der Waals surface area contributed by atoms with Gasteiger partial charge in [0, 0.05) is 28.3 Å². The van der Waals surface area contributed by atoms with E-state index in [9.17, 15) is 4.79 Å². The number of aromatic nitrogens is 1. The second-order valence-electron chi connectivity index (χ2n) is 7.71. The number of carbonyl (C=O) groups excluding carboxylic acids is 1. The molecule has 0 radical (unpaired) electrons. The van der Waals surface area contributed by atoms with Gasteiger partial charge in [-0.05, 0) is 61.7 Å². The molecule has 2 N–H and O–H groups in total.